The van der Waals surface area contributed by atoms with Crippen LogP contribution in [0.5, 0.6) is 0 Å². The van der Waals surface area contributed by atoms with E-state index >= 15 is 0 Å². The van der Waals surface area contributed by atoms with Gasteiger partial charge in [0.05, 0.1) is 17.9 Å². The van der Waals surface area contributed by atoms with Gasteiger partial charge in [-0.3, -0.25) is 19.2 Å². The van der Waals surface area contributed by atoms with Gasteiger partial charge in [-0.2, -0.15) is 0 Å². The predicted octanol–water partition coefficient (Wildman–Crippen LogP) is 4.22. The summed E-state index contributed by atoms with van der Waals surface area (Å²) >= 11 is 0. The van der Waals surface area contributed by atoms with Crippen LogP contribution in [-0.4, -0.2) is 36.2 Å². The zero-order valence-electron chi connectivity index (χ0n) is 21.3. The Balaban J connectivity index is 1.22. The molecule has 0 amide bonds. The van der Waals surface area contributed by atoms with Crippen molar-refractivity contribution >= 4 is 23.1 Å². The van der Waals surface area contributed by atoms with Gasteiger partial charge < -0.3 is 10.6 Å². The van der Waals surface area contributed by atoms with Crippen LogP contribution < -0.4 is 10.6 Å². The summed E-state index contributed by atoms with van der Waals surface area (Å²) in [6.07, 6.45) is 6.23. The minimum atomic E-state index is -0.191. The molecular formula is C32H28N2O4. The van der Waals surface area contributed by atoms with E-state index in [2.05, 4.69) is 34.3 Å². The Morgan fingerprint density at radius 3 is 2.11 bits per heavy atom. The fourth-order valence-electron chi connectivity index (χ4n) is 4.29. The van der Waals surface area contributed by atoms with Crippen molar-refractivity contribution in [3.8, 4) is 23.7 Å². The zero-order chi connectivity index (χ0) is 26.9. The first kappa shape index (κ1) is 26.4. The van der Waals surface area contributed by atoms with Gasteiger partial charge in [-0.05, 0) is 30.5 Å². The molecule has 0 aromatic heterocycles. The van der Waals surface area contributed by atoms with E-state index in [1.807, 2.05) is 13.0 Å². The third-order valence-electron chi connectivity index (χ3n) is 6.20. The molecule has 0 radical (unpaired) electrons. The number of fused-ring (bicyclic) bond motifs is 2. The number of unbranched alkanes of at least 4 members (excludes halogenated alkanes) is 1. The number of ketones is 4. The number of aryl methyl sites for hydroxylation is 1. The summed E-state index contributed by atoms with van der Waals surface area (Å²) in [6.45, 7) is 2.74. The second-order valence-corrected chi connectivity index (χ2v) is 8.87. The van der Waals surface area contributed by atoms with Crippen LogP contribution in [0, 0.1) is 23.7 Å². The molecule has 2 aromatic rings. The number of allylic oxidation sites excluding steroid dienone is 4. The van der Waals surface area contributed by atoms with Crippen LogP contribution in [-0.2, 0) is 6.42 Å². The maximum Gasteiger partial charge on any atom is 0.209 e. The summed E-state index contributed by atoms with van der Waals surface area (Å²) in [7, 11) is 0. The number of hydrogen-bond donors (Lipinski definition) is 2. The van der Waals surface area contributed by atoms with E-state index in [1.54, 1.807) is 36.4 Å². The Labute approximate surface area is 222 Å². The number of carbonyl (C=O) groups excluding carboxylic acids is 4. The Kier molecular flexibility index (Phi) is 8.69. The SMILES string of the molecule is CCC#CCNC1=CC(=O)c2cc(CCCC#CCCNC3=CC(=O)c4ccccc4C3=O)ccc2C1=O. The highest BCUT2D eigenvalue weighted by atomic mass is 16.1. The molecule has 2 aliphatic rings. The molecule has 0 aliphatic heterocycles. The summed E-state index contributed by atoms with van der Waals surface area (Å²) in [6, 6.07) is 12.2. The summed E-state index contributed by atoms with van der Waals surface area (Å²) < 4.78 is 0. The maximum absolute atomic E-state index is 12.7. The molecule has 2 aliphatic carbocycles. The fraction of sp³-hybridized carbons (Fsp3) is 0.250. The molecule has 6 heteroatoms. The molecule has 38 heavy (non-hydrogen) atoms. The van der Waals surface area contributed by atoms with Crippen molar-refractivity contribution in [2.75, 3.05) is 13.1 Å². The molecular weight excluding hydrogens is 476 g/mol. The smallest absolute Gasteiger partial charge is 0.209 e. The van der Waals surface area contributed by atoms with Crippen molar-refractivity contribution in [3.63, 3.8) is 0 Å². The number of Topliss-reactive ketones (excluding diaryl/α,β-unsaturated/α-hetero) is 2. The normalized spacial score (nSPS) is 13.7. The lowest BCUT2D eigenvalue weighted by Crippen LogP contribution is -2.27. The summed E-state index contributed by atoms with van der Waals surface area (Å²) in [5.74, 6) is 11.3. The van der Waals surface area contributed by atoms with E-state index in [-0.39, 0.29) is 28.8 Å². The van der Waals surface area contributed by atoms with Gasteiger partial charge in [-0.15, -0.1) is 17.8 Å². The van der Waals surface area contributed by atoms with E-state index in [0.29, 0.717) is 53.9 Å². The summed E-state index contributed by atoms with van der Waals surface area (Å²) in [5, 5.41) is 5.97. The van der Waals surface area contributed by atoms with Gasteiger partial charge in [-0.1, -0.05) is 43.2 Å². The quantitative estimate of drug-likeness (QED) is 0.413. The summed E-state index contributed by atoms with van der Waals surface area (Å²) in [5.41, 5.74) is 3.28. The molecule has 0 fully saturated rings. The van der Waals surface area contributed by atoms with Crippen LogP contribution >= 0.6 is 0 Å². The van der Waals surface area contributed by atoms with Gasteiger partial charge in [0.1, 0.15) is 0 Å². The zero-order valence-corrected chi connectivity index (χ0v) is 21.3. The number of rotatable bonds is 8. The van der Waals surface area contributed by atoms with Crippen molar-refractivity contribution in [1.29, 1.82) is 0 Å². The molecule has 2 N–H and O–H groups in total. The average Bonchev–Trinajstić information content (AvgIpc) is 2.93. The molecule has 190 valence electrons. The highest BCUT2D eigenvalue weighted by Gasteiger charge is 2.26. The van der Waals surface area contributed by atoms with E-state index in [1.165, 1.54) is 12.2 Å². The largest absolute Gasteiger partial charge is 0.381 e. The monoisotopic (exact) mass is 504 g/mol. The topological polar surface area (TPSA) is 92.3 Å². The lowest BCUT2D eigenvalue weighted by molar-refractivity contribution is 0.0978. The fourth-order valence-corrected chi connectivity index (χ4v) is 4.29. The Hall–Kier alpha value is -4.68. The van der Waals surface area contributed by atoms with Crippen molar-refractivity contribution < 1.29 is 19.2 Å². The maximum atomic E-state index is 12.7. The van der Waals surface area contributed by atoms with Crippen LogP contribution in [0.2, 0.25) is 0 Å². The first-order valence-electron chi connectivity index (χ1n) is 12.7. The molecule has 0 saturated heterocycles. The third kappa shape index (κ3) is 6.17. The van der Waals surface area contributed by atoms with E-state index < -0.39 is 0 Å². The number of carbonyl (C=O) groups is 4. The van der Waals surface area contributed by atoms with Gasteiger partial charge in [0, 0.05) is 60.2 Å². The number of nitrogens with one attached hydrogen (secondary N) is 2. The molecule has 2 aromatic carbocycles. The van der Waals surface area contributed by atoms with Crippen LogP contribution in [0.3, 0.4) is 0 Å². The van der Waals surface area contributed by atoms with Crippen LogP contribution in [0.4, 0.5) is 0 Å². The molecule has 0 atom stereocenters. The second kappa shape index (κ2) is 12.5. The first-order chi connectivity index (χ1) is 18.5. The number of hydrogen-bond acceptors (Lipinski definition) is 6. The minimum absolute atomic E-state index is 0.174. The lowest BCUT2D eigenvalue weighted by Gasteiger charge is -2.16. The standard InChI is InChI=1S/C32H28N2O4/c1-2-3-10-17-33-28-21-30(36)26-19-22(15-16-25(26)32(28)38)12-7-5-4-6-11-18-34-27-20-29(35)23-13-8-9-14-24(23)31(27)37/h8-9,13-16,19-21,33-34H,2,5,7,11-12,17-18H2,1H3. The number of benzene rings is 2. The molecule has 0 spiro atoms. The second-order valence-electron chi connectivity index (χ2n) is 8.87. The predicted molar refractivity (Wildman–Crippen MR) is 146 cm³/mol. The third-order valence-corrected chi connectivity index (χ3v) is 6.20. The van der Waals surface area contributed by atoms with Crippen molar-refractivity contribution in [2.24, 2.45) is 0 Å². The Bertz CT molecular complexity index is 1490. The highest BCUT2D eigenvalue weighted by Crippen LogP contribution is 2.23. The minimum Gasteiger partial charge on any atom is -0.381 e. The molecule has 4 rings (SSSR count). The Morgan fingerprint density at radius 1 is 0.684 bits per heavy atom. The van der Waals surface area contributed by atoms with E-state index in [0.717, 1.165) is 24.8 Å². The van der Waals surface area contributed by atoms with Gasteiger partial charge in [0.2, 0.25) is 11.6 Å². The van der Waals surface area contributed by atoms with Gasteiger partial charge >= 0.3 is 0 Å². The van der Waals surface area contributed by atoms with E-state index in [9.17, 15) is 19.2 Å². The van der Waals surface area contributed by atoms with Gasteiger partial charge in [-0.25, -0.2) is 0 Å². The van der Waals surface area contributed by atoms with Crippen molar-refractivity contribution in [2.45, 2.75) is 39.0 Å². The Morgan fingerprint density at radius 2 is 1.34 bits per heavy atom. The molecule has 0 heterocycles. The molecule has 0 unspecified atom stereocenters. The van der Waals surface area contributed by atoms with Crippen LogP contribution in [0.1, 0.15) is 79.6 Å². The van der Waals surface area contributed by atoms with Crippen molar-refractivity contribution in [3.05, 3.63) is 93.8 Å². The highest BCUT2D eigenvalue weighted by molar-refractivity contribution is 6.25. The lowest BCUT2D eigenvalue weighted by atomic mass is 9.90. The molecule has 0 saturated carbocycles. The summed E-state index contributed by atoms with van der Waals surface area (Å²) in [4.78, 5) is 50.1. The van der Waals surface area contributed by atoms with Gasteiger partial charge in [0.25, 0.3) is 0 Å². The first-order valence-corrected chi connectivity index (χ1v) is 12.7. The van der Waals surface area contributed by atoms with Crippen molar-refractivity contribution in [1.82, 2.24) is 10.6 Å². The van der Waals surface area contributed by atoms with Gasteiger partial charge in [0.15, 0.2) is 11.6 Å². The van der Waals surface area contributed by atoms with E-state index in [4.69, 9.17) is 0 Å². The van der Waals surface area contributed by atoms with Crippen LogP contribution in [0.15, 0.2) is 66.0 Å². The molecule has 6 nitrogen and oxygen atoms in total. The average molecular weight is 505 g/mol. The van der Waals surface area contributed by atoms with Crippen LogP contribution in [0.25, 0.3) is 0 Å². The molecule has 0 bridgehead atoms.